The van der Waals surface area contributed by atoms with Gasteiger partial charge < -0.3 is 10.2 Å². The van der Waals surface area contributed by atoms with Crippen LogP contribution in [0.5, 0.6) is 0 Å². The fourth-order valence-electron chi connectivity index (χ4n) is 1.90. The largest absolute Gasteiger partial charge is 0.348 e. The van der Waals surface area contributed by atoms with Crippen LogP contribution in [0.3, 0.4) is 0 Å². The summed E-state index contributed by atoms with van der Waals surface area (Å²) in [4.78, 5) is 13.0. The summed E-state index contributed by atoms with van der Waals surface area (Å²) in [6.45, 7) is 2.91. The van der Waals surface area contributed by atoms with Crippen molar-refractivity contribution in [3.8, 4) is 0 Å². The van der Waals surface area contributed by atoms with Gasteiger partial charge in [0.1, 0.15) is 0 Å². The molecule has 7 heteroatoms. The van der Waals surface area contributed by atoms with Crippen LogP contribution in [0.2, 0.25) is 0 Å². The Balaban J connectivity index is 2.82. The summed E-state index contributed by atoms with van der Waals surface area (Å²) in [5.74, 6) is -0.386. The zero-order chi connectivity index (χ0) is 13.2. The van der Waals surface area contributed by atoms with Gasteiger partial charge in [-0.1, -0.05) is 0 Å². The maximum Gasteiger partial charge on any atom is 0.241 e. The van der Waals surface area contributed by atoms with E-state index in [1.54, 1.807) is 21.1 Å². The predicted molar refractivity (Wildman–Crippen MR) is 66.1 cm³/mol. The van der Waals surface area contributed by atoms with Gasteiger partial charge in [-0.05, 0) is 19.9 Å². The molecule has 1 N–H and O–H groups in total. The Morgan fingerprint density at radius 2 is 1.94 bits per heavy atom. The topological polar surface area (TPSA) is 69.7 Å². The smallest absolute Gasteiger partial charge is 0.241 e. The van der Waals surface area contributed by atoms with Gasteiger partial charge in [0, 0.05) is 33.7 Å². The molecule has 0 saturated carbocycles. The third kappa shape index (κ3) is 2.97. The molecular weight excluding hydrogens is 242 g/mol. The van der Waals surface area contributed by atoms with E-state index in [4.69, 9.17) is 0 Å². The Morgan fingerprint density at radius 3 is 2.35 bits per heavy atom. The van der Waals surface area contributed by atoms with E-state index in [0.717, 1.165) is 13.0 Å². The summed E-state index contributed by atoms with van der Waals surface area (Å²) in [7, 11) is 1.11. The van der Waals surface area contributed by atoms with Crippen molar-refractivity contribution in [2.45, 2.75) is 24.6 Å². The number of likely N-dealkylation sites (N-methyl/N-ethyl adjacent to an activating group) is 1. The molecule has 0 aromatic heterocycles. The predicted octanol–water partition coefficient (Wildman–Crippen LogP) is -0.913. The zero-order valence-corrected chi connectivity index (χ0v) is 11.6. The Hall–Kier alpha value is -0.660. The van der Waals surface area contributed by atoms with Crippen LogP contribution in [-0.2, 0) is 14.8 Å². The Kier molecular flexibility index (Phi) is 4.51. The summed E-state index contributed by atoms with van der Waals surface area (Å²) >= 11 is 0. The maximum atomic E-state index is 12.2. The molecule has 1 heterocycles. The normalized spacial score (nSPS) is 22.8. The van der Waals surface area contributed by atoms with Crippen molar-refractivity contribution in [1.29, 1.82) is 0 Å². The molecule has 0 bridgehead atoms. The lowest BCUT2D eigenvalue weighted by Gasteiger charge is -2.27. The second-order valence-electron chi connectivity index (χ2n) is 4.58. The molecule has 2 unspecified atom stereocenters. The van der Waals surface area contributed by atoms with Crippen LogP contribution < -0.4 is 5.32 Å². The molecule has 1 rings (SSSR count). The molecule has 1 fully saturated rings. The van der Waals surface area contributed by atoms with Gasteiger partial charge in [-0.25, -0.2) is 8.42 Å². The standard InChI is InChI=1S/C10H21N3O3S/c1-8(10(14)12(2)3)17(15,16)13(4)9-5-6-11-7-9/h8-9,11H,5-7H2,1-4H3. The lowest BCUT2D eigenvalue weighted by atomic mass is 10.3. The van der Waals surface area contributed by atoms with E-state index in [2.05, 4.69) is 5.32 Å². The molecule has 100 valence electrons. The first-order valence-electron chi connectivity index (χ1n) is 5.67. The fraction of sp³-hybridized carbons (Fsp3) is 0.900. The van der Waals surface area contributed by atoms with Crippen molar-refractivity contribution in [2.75, 3.05) is 34.2 Å². The van der Waals surface area contributed by atoms with Crippen molar-refractivity contribution in [2.24, 2.45) is 0 Å². The Morgan fingerprint density at radius 1 is 1.35 bits per heavy atom. The number of nitrogens with one attached hydrogen (secondary N) is 1. The van der Waals surface area contributed by atoms with Crippen LogP contribution in [0.15, 0.2) is 0 Å². The van der Waals surface area contributed by atoms with Crippen molar-refractivity contribution >= 4 is 15.9 Å². The van der Waals surface area contributed by atoms with Gasteiger partial charge in [0.15, 0.2) is 5.25 Å². The second kappa shape index (κ2) is 5.32. The van der Waals surface area contributed by atoms with E-state index in [-0.39, 0.29) is 11.9 Å². The number of rotatable bonds is 4. The molecule has 0 aromatic carbocycles. The SMILES string of the molecule is CC(C(=O)N(C)C)S(=O)(=O)N(C)C1CCNC1. The Bertz CT molecular complexity index is 374. The van der Waals surface area contributed by atoms with E-state index in [1.165, 1.54) is 16.1 Å². The first-order valence-corrected chi connectivity index (χ1v) is 7.17. The lowest BCUT2D eigenvalue weighted by Crippen LogP contribution is -2.47. The summed E-state index contributed by atoms with van der Waals surface area (Å²) in [6.07, 6.45) is 0.790. The van der Waals surface area contributed by atoms with Crippen LogP contribution in [0, 0.1) is 0 Å². The summed E-state index contributed by atoms with van der Waals surface area (Å²) in [5.41, 5.74) is 0. The highest BCUT2D eigenvalue weighted by Crippen LogP contribution is 2.16. The molecule has 6 nitrogen and oxygen atoms in total. The van der Waals surface area contributed by atoms with Gasteiger partial charge >= 0.3 is 0 Å². The number of hydrogen-bond donors (Lipinski definition) is 1. The highest BCUT2D eigenvalue weighted by Gasteiger charge is 2.36. The third-order valence-electron chi connectivity index (χ3n) is 3.19. The molecule has 1 saturated heterocycles. The van der Waals surface area contributed by atoms with Crippen molar-refractivity contribution < 1.29 is 13.2 Å². The van der Waals surface area contributed by atoms with E-state index in [1.807, 2.05) is 0 Å². The van der Waals surface area contributed by atoms with Crippen LogP contribution in [0.1, 0.15) is 13.3 Å². The molecule has 1 aliphatic rings. The monoisotopic (exact) mass is 263 g/mol. The first kappa shape index (κ1) is 14.4. The summed E-state index contributed by atoms with van der Waals surface area (Å²) in [5, 5.41) is 2.09. The summed E-state index contributed by atoms with van der Waals surface area (Å²) < 4.78 is 25.8. The number of carbonyl (C=O) groups is 1. The van der Waals surface area contributed by atoms with Gasteiger partial charge in [-0.3, -0.25) is 4.79 Å². The highest BCUT2D eigenvalue weighted by molar-refractivity contribution is 7.90. The van der Waals surface area contributed by atoms with Crippen molar-refractivity contribution in [1.82, 2.24) is 14.5 Å². The molecule has 0 radical (unpaired) electrons. The number of carbonyl (C=O) groups excluding carboxylic acids is 1. The van der Waals surface area contributed by atoms with Crippen molar-refractivity contribution in [3.05, 3.63) is 0 Å². The second-order valence-corrected chi connectivity index (χ2v) is 6.90. The van der Waals surface area contributed by atoms with Gasteiger partial charge in [0.05, 0.1) is 0 Å². The van der Waals surface area contributed by atoms with Gasteiger partial charge in [-0.2, -0.15) is 4.31 Å². The molecule has 0 aromatic rings. The van der Waals surface area contributed by atoms with E-state index in [9.17, 15) is 13.2 Å². The quantitative estimate of drug-likeness (QED) is 0.713. The molecule has 1 aliphatic heterocycles. The van der Waals surface area contributed by atoms with E-state index >= 15 is 0 Å². The fourth-order valence-corrected chi connectivity index (χ4v) is 3.46. The Labute approximate surface area is 103 Å². The molecule has 2 atom stereocenters. The van der Waals surface area contributed by atoms with Crippen LogP contribution in [-0.4, -0.2) is 69.1 Å². The average Bonchev–Trinajstić information content (AvgIpc) is 2.78. The molecule has 0 aliphatic carbocycles. The van der Waals surface area contributed by atoms with Crippen molar-refractivity contribution in [3.63, 3.8) is 0 Å². The van der Waals surface area contributed by atoms with Gasteiger partial charge in [0.2, 0.25) is 15.9 Å². The lowest BCUT2D eigenvalue weighted by molar-refractivity contribution is -0.128. The number of nitrogens with zero attached hydrogens (tertiary/aromatic N) is 2. The van der Waals surface area contributed by atoms with Crippen LogP contribution >= 0.6 is 0 Å². The minimum absolute atomic E-state index is 0.0441. The number of sulfonamides is 1. The van der Waals surface area contributed by atoms with Crippen LogP contribution in [0.4, 0.5) is 0 Å². The van der Waals surface area contributed by atoms with Gasteiger partial charge in [0.25, 0.3) is 0 Å². The van der Waals surface area contributed by atoms with E-state index < -0.39 is 15.3 Å². The molecular formula is C10H21N3O3S. The minimum Gasteiger partial charge on any atom is -0.348 e. The number of amides is 1. The molecule has 0 spiro atoms. The van der Waals surface area contributed by atoms with Gasteiger partial charge in [-0.15, -0.1) is 0 Å². The maximum absolute atomic E-state index is 12.2. The van der Waals surface area contributed by atoms with Crippen LogP contribution in [0.25, 0.3) is 0 Å². The zero-order valence-electron chi connectivity index (χ0n) is 10.8. The third-order valence-corrected chi connectivity index (χ3v) is 5.38. The average molecular weight is 263 g/mol. The first-order chi connectivity index (χ1) is 7.78. The minimum atomic E-state index is -3.56. The molecule has 1 amide bonds. The molecule has 17 heavy (non-hydrogen) atoms. The summed E-state index contributed by atoms with van der Waals surface area (Å²) in [6, 6.07) is -0.0441. The van der Waals surface area contributed by atoms with E-state index in [0.29, 0.717) is 6.54 Å². The highest BCUT2D eigenvalue weighted by atomic mass is 32.2. The number of hydrogen-bond acceptors (Lipinski definition) is 4.